The summed E-state index contributed by atoms with van der Waals surface area (Å²) in [5.41, 5.74) is 1.08. The fourth-order valence-electron chi connectivity index (χ4n) is 2.60. The maximum Gasteiger partial charge on any atom is -0.0422 e. The number of para-hydroxylation sites is 1. The number of nitrogens with zero attached hydrogens (tertiary/aromatic N) is 1. The van der Waals surface area contributed by atoms with Crippen molar-refractivity contribution in [3.05, 3.63) is 36.5 Å². The maximum absolute atomic E-state index is 4.12. The molecule has 1 aromatic heterocycles. The first kappa shape index (κ1) is 19.3. The van der Waals surface area contributed by atoms with Gasteiger partial charge >= 0.3 is 89.4 Å². The van der Waals surface area contributed by atoms with Gasteiger partial charge in [0.1, 0.15) is 0 Å². The molecule has 0 fully saturated rings. The Morgan fingerprint density at radius 2 is 1.32 bits per heavy atom. The van der Waals surface area contributed by atoms with Crippen molar-refractivity contribution < 1.29 is 0 Å². The second-order valence-corrected chi connectivity index (χ2v) is 12.4. The molecule has 0 aliphatic carbocycles. The van der Waals surface area contributed by atoms with Gasteiger partial charge in [-0.2, -0.15) is 6.20 Å². The molecule has 0 amide bonds. The van der Waals surface area contributed by atoms with Crippen LogP contribution in [-0.4, -0.2) is 14.3 Å². The summed E-state index contributed by atoms with van der Waals surface area (Å²) in [4.78, 5) is 4.12. The van der Waals surface area contributed by atoms with E-state index >= 15 is 0 Å². The van der Waals surface area contributed by atoms with Crippen molar-refractivity contribution in [2.75, 3.05) is 0 Å². The third kappa shape index (κ3) is 8.07. The molecule has 0 saturated heterocycles. The van der Waals surface area contributed by atoms with Crippen LogP contribution in [0.2, 0.25) is 15.8 Å². The SMILES string of the molecule is CCC[CH2][Ge]([CH2]CCC)[CH2]CCC.c1ccc2[n-]ccc2c1. The molecule has 0 aliphatic heterocycles. The van der Waals surface area contributed by atoms with Gasteiger partial charge in [-0.3, -0.25) is 0 Å². The van der Waals surface area contributed by atoms with E-state index in [2.05, 4.69) is 31.8 Å². The van der Waals surface area contributed by atoms with Crippen molar-refractivity contribution >= 4 is 25.3 Å². The van der Waals surface area contributed by atoms with Crippen LogP contribution >= 0.6 is 0 Å². The molecule has 1 heterocycles. The van der Waals surface area contributed by atoms with Gasteiger partial charge in [0, 0.05) is 0 Å². The molecule has 1 nitrogen and oxygen atoms in total. The van der Waals surface area contributed by atoms with Gasteiger partial charge < -0.3 is 4.98 Å². The average Bonchev–Trinajstić information content (AvgIpc) is 3.03. The molecule has 2 rings (SSSR count). The molecule has 2 aromatic rings. The zero-order chi connectivity index (χ0) is 16.0. The molecular formula is C20H33GeN-. The Balaban J connectivity index is 0.000000231. The van der Waals surface area contributed by atoms with Crippen LogP contribution < -0.4 is 4.98 Å². The number of hydrogen-bond acceptors (Lipinski definition) is 0. The van der Waals surface area contributed by atoms with Crippen LogP contribution in [0.25, 0.3) is 10.9 Å². The van der Waals surface area contributed by atoms with Crippen molar-refractivity contribution in [3.63, 3.8) is 0 Å². The van der Waals surface area contributed by atoms with Crippen molar-refractivity contribution in [2.45, 2.75) is 75.1 Å². The summed E-state index contributed by atoms with van der Waals surface area (Å²) < 4.78 is 0. The van der Waals surface area contributed by atoms with E-state index in [-0.39, 0.29) is 0 Å². The van der Waals surface area contributed by atoms with Gasteiger partial charge in [-0.05, 0) is 5.39 Å². The van der Waals surface area contributed by atoms with Crippen molar-refractivity contribution in [2.24, 2.45) is 0 Å². The van der Waals surface area contributed by atoms with E-state index in [0.717, 1.165) is 5.52 Å². The standard InChI is InChI=1S/C12H27Ge.C8H6N/c1-4-7-10-13(11-8-5-2)12-9-6-3;1-2-4-8-7(3-1)5-6-9-8/h4-12H2,1-3H3;1-6H/q;-1. The summed E-state index contributed by atoms with van der Waals surface area (Å²) in [6.07, 6.45) is 10.6. The van der Waals surface area contributed by atoms with Crippen LogP contribution in [0.3, 0.4) is 0 Å². The van der Waals surface area contributed by atoms with Crippen molar-refractivity contribution in [1.82, 2.24) is 4.98 Å². The Kier molecular flexibility index (Phi) is 11.3. The van der Waals surface area contributed by atoms with Crippen LogP contribution in [0, 0.1) is 0 Å². The topological polar surface area (TPSA) is 14.1 Å². The van der Waals surface area contributed by atoms with E-state index in [0.29, 0.717) is 0 Å². The van der Waals surface area contributed by atoms with E-state index in [4.69, 9.17) is 0 Å². The van der Waals surface area contributed by atoms with Gasteiger partial charge in [-0.1, -0.05) is 30.3 Å². The monoisotopic (exact) mass is 361 g/mol. The Labute approximate surface area is 142 Å². The zero-order valence-corrected chi connectivity index (χ0v) is 16.9. The first-order valence-electron chi connectivity index (χ1n) is 9.11. The van der Waals surface area contributed by atoms with Crippen LogP contribution in [0.15, 0.2) is 36.5 Å². The number of unbranched alkanes of at least 4 members (excludes halogenated alkanes) is 3. The quantitative estimate of drug-likeness (QED) is 0.455. The van der Waals surface area contributed by atoms with E-state index < -0.39 is 14.3 Å². The third-order valence-corrected chi connectivity index (χ3v) is 10.7. The molecule has 0 unspecified atom stereocenters. The molecule has 0 atom stereocenters. The predicted molar refractivity (Wildman–Crippen MR) is 102 cm³/mol. The van der Waals surface area contributed by atoms with E-state index in [1.165, 1.54) is 43.9 Å². The molecular weight excluding hydrogens is 327 g/mol. The van der Waals surface area contributed by atoms with Gasteiger partial charge in [0.05, 0.1) is 0 Å². The third-order valence-electron chi connectivity index (χ3n) is 4.06. The number of aromatic nitrogens is 1. The van der Waals surface area contributed by atoms with Crippen LogP contribution in [0.1, 0.15) is 59.3 Å². The van der Waals surface area contributed by atoms with Gasteiger partial charge in [0.15, 0.2) is 0 Å². The minimum Gasteiger partial charge on any atom is -0.664 e. The number of hydrogen-bond donors (Lipinski definition) is 0. The van der Waals surface area contributed by atoms with E-state index in [1.807, 2.05) is 30.5 Å². The molecule has 0 saturated carbocycles. The molecule has 1 aromatic carbocycles. The summed E-state index contributed by atoms with van der Waals surface area (Å²) in [6, 6.07) is 10.1. The number of rotatable bonds is 9. The largest absolute Gasteiger partial charge is 0.664 e. The molecule has 0 N–H and O–H groups in total. The summed E-state index contributed by atoms with van der Waals surface area (Å²) in [7, 11) is 0. The fraction of sp³-hybridized carbons (Fsp3) is 0.600. The molecule has 1 radical (unpaired) electrons. The summed E-state index contributed by atoms with van der Waals surface area (Å²) in [5, 5.41) is 6.17. The summed E-state index contributed by atoms with van der Waals surface area (Å²) in [5.74, 6) is 0. The summed E-state index contributed by atoms with van der Waals surface area (Å²) >= 11 is -0.552. The van der Waals surface area contributed by atoms with Gasteiger partial charge in [-0.15, -0.1) is 5.52 Å². The Bertz CT molecular complexity index is 428. The molecule has 22 heavy (non-hydrogen) atoms. The normalized spacial score (nSPS) is 10.7. The smallest absolute Gasteiger partial charge is 0.0422 e. The van der Waals surface area contributed by atoms with E-state index in [1.54, 1.807) is 15.8 Å². The van der Waals surface area contributed by atoms with Gasteiger partial charge in [0.2, 0.25) is 0 Å². The first-order valence-corrected chi connectivity index (χ1v) is 13.6. The first-order chi connectivity index (χ1) is 10.8. The molecule has 123 valence electrons. The molecule has 0 aliphatic rings. The average molecular weight is 360 g/mol. The summed E-state index contributed by atoms with van der Waals surface area (Å²) in [6.45, 7) is 6.99. The zero-order valence-electron chi connectivity index (χ0n) is 14.8. The van der Waals surface area contributed by atoms with E-state index in [9.17, 15) is 0 Å². The molecule has 0 bridgehead atoms. The Morgan fingerprint density at radius 3 is 1.82 bits per heavy atom. The fourth-order valence-corrected chi connectivity index (χ4v) is 9.55. The Hall–Kier alpha value is -0.697. The predicted octanol–water partition coefficient (Wildman–Crippen LogP) is 6.68. The second kappa shape index (κ2) is 12.8. The van der Waals surface area contributed by atoms with Crippen LogP contribution in [0.4, 0.5) is 0 Å². The minimum atomic E-state index is -0.552. The van der Waals surface area contributed by atoms with Gasteiger partial charge in [-0.25, -0.2) is 0 Å². The number of benzene rings is 1. The number of fused-ring (bicyclic) bond motifs is 1. The van der Waals surface area contributed by atoms with Crippen LogP contribution in [-0.2, 0) is 0 Å². The minimum absolute atomic E-state index is 0.552. The second-order valence-electron chi connectivity index (χ2n) is 6.06. The van der Waals surface area contributed by atoms with Crippen LogP contribution in [0.5, 0.6) is 0 Å². The van der Waals surface area contributed by atoms with Crippen molar-refractivity contribution in [1.29, 1.82) is 0 Å². The molecule has 0 spiro atoms. The van der Waals surface area contributed by atoms with Crippen molar-refractivity contribution in [3.8, 4) is 0 Å². The molecule has 2 heteroatoms. The maximum atomic E-state index is 4.12. The van der Waals surface area contributed by atoms with Gasteiger partial charge in [0.25, 0.3) is 0 Å². The Morgan fingerprint density at radius 1 is 0.773 bits per heavy atom.